The average molecular weight is 306 g/mol. The number of carboxylic acid groups (broad SMARTS) is 1. The van der Waals surface area contributed by atoms with Gasteiger partial charge in [0.2, 0.25) is 0 Å². The molecule has 21 heavy (non-hydrogen) atoms. The van der Waals surface area contributed by atoms with Crippen molar-refractivity contribution >= 4 is 23.2 Å². The van der Waals surface area contributed by atoms with Crippen LogP contribution in [0.5, 0.6) is 0 Å². The van der Waals surface area contributed by atoms with Crippen molar-refractivity contribution in [3.8, 4) is 0 Å². The zero-order valence-corrected chi connectivity index (χ0v) is 12.6. The summed E-state index contributed by atoms with van der Waals surface area (Å²) in [6, 6.07) is 1.66. The predicted octanol–water partition coefficient (Wildman–Crippen LogP) is 1.49. The molecule has 0 spiro atoms. The Bertz CT molecular complexity index is 711. The van der Waals surface area contributed by atoms with Crippen molar-refractivity contribution in [2.75, 3.05) is 0 Å². The summed E-state index contributed by atoms with van der Waals surface area (Å²) in [6.07, 6.45) is 0. The number of amides is 1. The Morgan fingerprint density at radius 1 is 1.24 bits per heavy atom. The smallest absolute Gasteiger partial charge is 0.347 e. The number of nitrogens with zero attached hydrogens (tertiary/aromatic N) is 3. The van der Waals surface area contributed by atoms with E-state index in [0.717, 1.165) is 11.3 Å². The van der Waals surface area contributed by atoms with E-state index in [2.05, 4.69) is 20.5 Å². The third-order valence-corrected chi connectivity index (χ3v) is 3.93. The van der Waals surface area contributed by atoms with Gasteiger partial charge in [0.1, 0.15) is 9.88 Å². The van der Waals surface area contributed by atoms with E-state index in [9.17, 15) is 9.59 Å². The molecule has 0 radical (unpaired) electrons. The first-order valence-corrected chi connectivity index (χ1v) is 6.99. The Balaban J connectivity index is 2.09. The number of carbonyl (C=O) groups is 2. The van der Waals surface area contributed by atoms with Crippen molar-refractivity contribution in [1.29, 1.82) is 0 Å². The topological polar surface area (TPSA) is 105 Å². The van der Waals surface area contributed by atoms with Crippen LogP contribution in [0.4, 0.5) is 0 Å². The van der Waals surface area contributed by atoms with Gasteiger partial charge in [-0.2, -0.15) is 10.2 Å². The van der Waals surface area contributed by atoms with Crippen LogP contribution in [0.2, 0.25) is 0 Å². The fourth-order valence-electron chi connectivity index (χ4n) is 1.76. The van der Waals surface area contributed by atoms with Gasteiger partial charge in [0.15, 0.2) is 0 Å². The van der Waals surface area contributed by atoms with Crippen LogP contribution < -0.4 is 5.32 Å². The summed E-state index contributed by atoms with van der Waals surface area (Å²) in [7, 11) is 0. The summed E-state index contributed by atoms with van der Waals surface area (Å²) in [5, 5.41) is 20.0. The SMILES string of the molecule is Cc1cc(C(=O)NCc2nc(C)c(C(=O)O)s2)c(C)nn1. The van der Waals surface area contributed by atoms with E-state index in [4.69, 9.17) is 5.11 Å². The number of aryl methyl sites for hydroxylation is 3. The number of hydrogen-bond acceptors (Lipinski definition) is 6. The maximum atomic E-state index is 12.1. The van der Waals surface area contributed by atoms with Crippen LogP contribution in [0.1, 0.15) is 42.1 Å². The standard InChI is InChI=1S/C13H14N4O3S/c1-6-4-9(7(2)17-16-6)12(18)14-5-10-15-8(3)11(21-10)13(19)20/h4H,5H2,1-3H3,(H,14,18)(H,19,20). The van der Waals surface area contributed by atoms with E-state index in [1.807, 2.05) is 0 Å². The zero-order valence-electron chi connectivity index (χ0n) is 11.8. The van der Waals surface area contributed by atoms with Crippen molar-refractivity contribution in [3.63, 3.8) is 0 Å². The van der Waals surface area contributed by atoms with Crippen molar-refractivity contribution < 1.29 is 14.7 Å². The lowest BCUT2D eigenvalue weighted by molar-refractivity contribution is 0.0701. The van der Waals surface area contributed by atoms with Crippen molar-refractivity contribution in [3.05, 3.63) is 38.6 Å². The molecule has 0 aliphatic heterocycles. The number of aromatic nitrogens is 3. The molecular weight excluding hydrogens is 292 g/mol. The average Bonchev–Trinajstić information content (AvgIpc) is 2.80. The zero-order chi connectivity index (χ0) is 15.6. The van der Waals surface area contributed by atoms with Crippen molar-refractivity contribution in [2.24, 2.45) is 0 Å². The van der Waals surface area contributed by atoms with Gasteiger partial charge in [0.05, 0.1) is 29.2 Å². The van der Waals surface area contributed by atoms with Crippen LogP contribution in [0.25, 0.3) is 0 Å². The molecule has 2 aromatic rings. The summed E-state index contributed by atoms with van der Waals surface area (Å²) in [5.41, 5.74) is 2.10. The highest BCUT2D eigenvalue weighted by molar-refractivity contribution is 7.13. The Kier molecular flexibility index (Phi) is 4.27. The summed E-state index contributed by atoms with van der Waals surface area (Å²) in [6.45, 7) is 5.27. The predicted molar refractivity (Wildman–Crippen MR) is 76.5 cm³/mol. The fourth-order valence-corrected chi connectivity index (χ4v) is 2.60. The molecule has 0 fully saturated rings. The fraction of sp³-hybridized carbons (Fsp3) is 0.308. The summed E-state index contributed by atoms with van der Waals surface area (Å²) in [4.78, 5) is 27.4. The summed E-state index contributed by atoms with van der Waals surface area (Å²) in [5.74, 6) is -1.29. The highest BCUT2D eigenvalue weighted by atomic mass is 32.1. The number of carboxylic acids is 1. The molecule has 8 heteroatoms. The van der Waals surface area contributed by atoms with Crippen LogP contribution in [-0.2, 0) is 6.54 Å². The molecule has 2 aromatic heterocycles. The third-order valence-electron chi connectivity index (χ3n) is 2.78. The van der Waals surface area contributed by atoms with Crippen molar-refractivity contribution in [2.45, 2.75) is 27.3 Å². The molecule has 0 bridgehead atoms. The van der Waals surface area contributed by atoms with Gasteiger partial charge in [-0.05, 0) is 26.8 Å². The lowest BCUT2D eigenvalue weighted by Gasteiger charge is -2.05. The largest absolute Gasteiger partial charge is 0.477 e. The van der Waals surface area contributed by atoms with Gasteiger partial charge in [-0.25, -0.2) is 9.78 Å². The first-order valence-electron chi connectivity index (χ1n) is 6.17. The lowest BCUT2D eigenvalue weighted by Crippen LogP contribution is -2.24. The van der Waals surface area contributed by atoms with E-state index in [1.165, 1.54) is 0 Å². The van der Waals surface area contributed by atoms with Crippen LogP contribution in [0.15, 0.2) is 6.07 Å². The highest BCUT2D eigenvalue weighted by Crippen LogP contribution is 2.18. The van der Waals surface area contributed by atoms with Gasteiger partial charge in [0, 0.05) is 0 Å². The Labute approximate surface area is 125 Å². The normalized spacial score (nSPS) is 10.4. The first kappa shape index (κ1) is 15.0. The molecule has 2 N–H and O–H groups in total. The van der Waals surface area contributed by atoms with Crippen molar-refractivity contribution in [1.82, 2.24) is 20.5 Å². The molecule has 0 saturated heterocycles. The second-order valence-corrected chi connectivity index (χ2v) is 5.58. The highest BCUT2D eigenvalue weighted by Gasteiger charge is 2.15. The van der Waals surface area contributed by atoms with E-state index in [-0.39, 0.29) is 17.3 Å². The number of rotatable bonds is 4. The van der Waals surface area contributed by atoms with E-state index in [1.54, 1.807) is 26.8 Å². The lowest BCUT2D eigenvalue weighted by atomic mass is 10.2. The molecule has 0 aliphatic carbocycles. The Hall–Kier alpha value is -2.35. The molecule has 0 saturated carbocycles. The number of hydrogen-bond donors (Lipinski definition) is 2. The first-order chi connectivity index (χ1) is 9.88. The minimum Gasteiger partial charge on any atom is -0.477 e. The second kappa shape index (κ2) is 5.96. The minimum absolute atomic E-state index is 0.179. The molecule has 7 nitrogen and oxygen atoms in total. The van der Waals surface area contributed by atoms with Gasteiger partial charge in [-0.15, -0.1) is 11.3 Å². The molecular formula is C13H14N4O3S. The molecule has 0 aromatic carbocycles. The number of aromatic carboxylic acids is 1. The van der Waals surface area contributed by atoms with Gasteiger partial charge < -0.3 is 10.4 Å². The molecule has 0 unspecified atom stereocenters. The van der Waals surface area contributed by atoms with E-state index in [0.29, 0.717) is 27.7 Å². The number of thiazole rings is 1. The van der Waals surface area contributed by atoms with Crippen LogP contribution in [0, 0.1) is 20.8 Å². The summed E-state index contributed by atoms with van der Waals surface area (Å²) >= 11 is 1.06. The van der Waals surface area contributed by atoms with Gasteiger partial charge in [0.25, 0.3) is 5.91 Å². The number of carbonyl (C=O) groups excluding carboxylic acids is 1. The van der Waals surface area contributed by atoms with E-state index >= 15 is 0 Å². The summed E-state index contributed by atoms with van der Waals surface area (Å²) < 4.78 is 0. The maximum absolute atomic E-state index is 12.1. The van der Waals surface area contributed by atoms with Gasteiger partial charge >= 0.3 is 5.97 Å². The molecule has 110 valence electrons. The molecule has 0 atom stereocenters. The van der Waals surface area contributed by atoms with E-state index < -0.39 is 5.97 Å². The molecule has 0 aliphatic rings. The third kappa shape index (κ3) is 3.40. The minimum atomic E-state index is -1.01. The Morgan fingerprint density at radius 2 is 1.95 bits per heavy atom. The van der Waals surface area contributed by atoms with Crippen LogP contribution in [-0.4, -0.2) is 32.2 Å². The molecule has 2 rings (SSSR count). The van der Waals surface area contributed by atoms with Gasteiger partial charge in [-0.3, -0.25) is 4.79 Å². The second-order valence-electron chi connectivity index (χ2n) is 4.49. The Morgan fingerprint density at radius 3 is 2.57 bits per heavy atom. The quantitative estimate of drug-likeness (QED) is 0.886. The monoisotopic (exact) mass is 306 g/mol. The molecule has 1 amide bonds. The number of nitrogens with one attached hydrogen (secondary N) is 1. The molecule has 2 heterocycles. The van der Waals surface area contributed by atoms with Crippen LogP contribution in [0.3, 0.4) is 0 Å². The van der Waals surface area contributed by atoms with Gasteiger partial charge in [-0.1, -0.05) is 0 Å². The van der Waals surface area contributed by atoms with Crippen LogP contribution >= 0.6 is 11.3 Å². The maximum Gasteiger partial charge on any atom is 0.347 e.